The molecule has 20 heavy (non-hydrogen) atoms. The van der Waals surface area contributed by atoms with E-state index in [0.717, 1.165) is 19.4 Å². The molecule has 0 saturated carbocycles. The first-order chi connectivity index (χ1) is 9.85. The van der Waals surface area contributed by atoms with Crippen LogP contribution in [0.15, 0.2) is 48.8 Å². The van der Waals surface area contributed by atoms with Gasteiger partial charge in [0.25, 0.3) is 0 Å². The van der Waals surface area contributed by atoms with Gasteiger partial charge in [0.2, 0.25) is 0 Å². The minimum absolute atomic E-state index is 0.235. The Hall–Kier alpha value is -1.67. The zero-order valence-corrected chi connectivity index (χ0v) is 12.5. The molecule has 1 heterocycles. The van der Waals surface area contributed by atoms with Crippen LogP contribution >= 0.6 is 0 Å². The van der Waals surface area contributed by atoms with Crippen molar-refractivity contribution in [2.24, 2.45) is 0 Å². The molecule has 1 atom stereocenters. The highest BCUT2D eigenvalue weighted by Crippen LogP contribution is 2.22. The molecule has 0 aliphatic carbocycles. The van der Waals surface area contributed by atoms with Gasteiger partial charge in [0.05, 0.1) is 6.04 Å². The van der Waals surface area contributed by atoms with Crippen LogP contribution in [0.4, 0.5) is 0 Å². The fraction of sp³-hybridized carbons (Fsp3) is 0.389. The summed E-state index contributed by atoms with van der Waals surface area (Å²) in [6, 6.07) is 13.4. The third kappa shape index (κ3) is 3.91. The summed E-state index contributed by atoms with van der Waals surface area (Å²) < 4.78 is 0. The molecule has 0 spiro atoms. The lowest BCUT2D eigenvalue weighted by atomic mass is 9.98. The molecule has 1 unspecified atom stereocenters. The Morgan fingerprint density at radius 1 is 1.00 bits per heavy atom. The molecule has 0 fully saturated rings. The minimum atomic E-state index is 0.235. The van der Waals surface area contributed by atoms with Crippen LogP contribution in [0.5, 0.6) is 0 Å². The van der Waals surface area contributed by atoms with Crippen LogP contribution in [0.3, 0.4) is 0 Å². The quantitative estimate of drug-likeness (QED) is 0.817. The number of rotatable bonds is 7. The molecule has 0 aliphatic rings. The Balaban J connectivity index is 2.22. The Morgan fingerprint density at radius 2 is 1.80 bits per heavy atom. The Morgan fingerprint density at radius 3 is 2.40 bits per heavy atom. The first-order valence-electron chi connectivity index (χ1n) is 7.57. The third-order valence-corrected chi connectivity index (χ3v) is 3.47. The van der Waals surface area contributed by atoms with Crippen molar-refractivity contribution in [3.63, 3.8) is 0 Å². The molecule has 2 aromatic rings. The maximum Gasteiger partial charge on any atom is 0.0591 e. The maximum absolute atomic E-state index is 4.25. The number of pyridine rings is 1. The van der Waals surface area contributed by atoms with Crippen molar-refractivity contribution >= 4 is 0 Å². The van der Waals surface area contributed by atoms with Gasteiger partial charge in [0, 0.05) is 12.4 Å². The molecule has 0 radical (unpaired) electrons. The lowest BCUT2D eigenvalue weighted by molar-refractivity contribution is 0.597. The normalized spacial score (nSPS) is 12.3. The van der Waals surface area contributed by atoms with Gasteiger partial charge in [-0.05, 0) is 42.1 Å². The Labute approximate surface area is 122 Å². The summed E-state index contributed by atoms with van der Waals surface area (Å²) in [7, 11) is 0. The molecular weight excluding hydrogens is 244 g/mol. The highest BCUT2D eigenvalue weighted by Gasteiger charge is 2.13. The number of aryl methyl sites for hydroxylation is 1. The second-order valence-corrected chi connectivity index (χ2v) is 5.17. The van der Waals surface area contributed by atoms with Gasteiger partial charge in [-0.1, -0.05) is 50.6 Å². The highest BCUT2D eigenvalue weighted by molar-refractivity contribution is 5.32. The number of aromatic nitrogens is 1. The van der Waals surface area contributed by atoms with Crippen molar-refractivity contribution in [2.45, 2.75) is 39.2 Å². The van der Waals surface area contributed by atoms with E-state index >= 15 is 0 Å². The first-order valence-corrected chi connectivity index (χ1v) is 7.57. The van der Waals surface area contributed by atoms with E-state index in [0.29, 0.717) is 0 Å². The molecular formula is C18H24N2. The van der Waals surface area contributed by atoms with Crippen molar-refractivity contribution in [2.75, 3.05) is 6.54 Å². The van der Waals surface area contributed by atoms with E-state index < -0.39 is 0 Å². The van der Waals surface area contributed by atoms with E-state index in [1.165, 1.54) is 23.1 Å². The van der Waals surface area contributed by atoms with E-state index in [1.807, 2.05) is 18.5 Å². The summed E-state index contributed by atoms with van der Waals surface area (Å²) in [5.41, 5.74) is 3.95. The van der Waals surface area contributed by atoms with Crippen LogP contribution in [-0.2, 0) is 6.42 Å². The standard InChI is InChI=1S/C18H24N2/c1-3-6-15-8-10-16(11-9-15)18(20-12-4-2)17-7-5-13-19-14-17/h5,7-11,13-14,18,20H,3-4,6,12H2,1-2H3. The monoisotopic (exact) mass is 268 g/mol. The van der Waals surface area contributed by atoms with Gasteiger partial charge in [-0.15, -0.1) is 0 Å². The van der Waals surface area contributed by atoms with Crippen molar-refractivity contribution in [3.05, 3.63) is 65.5 Å². The molecule has 1 aromatic heterocycles. The van der Waals surface area contributed by atoms with Crippen molar-refractivity contribution in [1.29, 1.82) is 0 Å². The van der Waals surface area contributed by atoms with E-state index in [9.17, 15) is 0 Å². The van der Waals surface area contributed by atoms with Gasteiger partial charge in [-0.2, -0.15) is 0 Å². The van der Waals surface area contributed by atoms with Gasteiger partial charge in [0.15, 0.2) is 0 Å². The average Bonchev–Trinajstić information content (AvgIpc) is 2.51. The van der Waals surface area contributed by atoms with Gasteiger partial charge in [-0.25, -0.2) is 0 Å². The molecule has 1 N–H and O–H groups in total. The smallest absolute Gasteiger partial charge is 0.0591 e. The van der Waals surface area contributed by atoms with Crippen LogP contribution in [0.2, 0.25) is 0 Å². The Kier molecular flexibility index (Phi) is 5.75. The number of benzene rings is 1. The average molecular weight is 268 g/mol. The fourth-order valence-electron chi connectivity index (χ4n) is 2.43. The van der Waals surface area contributed by atoms with E-state index in [4.69, 9.17) is 0 Å². The van der Waals surface area contributed by atoms with Crippen LogP contribution in [0.25, 0.3) is 0 Å². The van der Waals surface area contributed by atoms with Crippen LogP contribution < -0.4 is 5.32 Å². The molecule has 2 rings (SSSR count). The van der Waals surface area contributed by atoms with Crippen molar-refractivity contribution in [3.8, 4) is 0 Å². The Bertz CT molecular complexity index is 491. The molecule has 106 valence electrons. The molecule has 2 heteroatoms. The van der Waals surface area contributed by atoms with Gasteiger partial charge >= 0.3 is 0 Å². The van der Waals surface area contributed by atoms with E-state index in [-0.39, 0.29) is 6.04 Å². The van der Waals surface area contributed by atoms with E-state index in [2.05, 4.69) is 54.5 Å². The number of hydrogen-bond acceptors (Lipinski definition) is 2. The largest absolute Gasteiger partial charge is 0.306 e. The van der Waals surface area contributed by atoms with Gasteiger partial charge in [-0.3, -0.25) is 4.98 Å². The lowest BCUT2D eigenvalue weighted by Gasteiger charge is -2.19. The van der Waals surface area contributed by atoms with Crippen LogP contribution in [0.1, 0.15) is 49.4 Å². The van der Waals surface area contributed by atoms with Crippen LogP contribution in [-0.4, -0.2) is 11.5 Å². The summed E-state index contributed by atoms with van der Waals surface area (Å²) >= 11 is 0. The van der Waals surface area contributed by atoms with Crippen molar-refractivity contribution in [1.82, 2.24) is 10.3 Å². The SMILES string of the molecule is CCCNC(c1ccc(CCC)cc1)c1cccnc1. The minimum Gasteiger partial charge on any atom is -0.306 e. The summed E-state index contributed by atoms with van der Waals surface area (Å²) in [5.74, 6) is 0. The zero-order valence-electron chi connectivity index (χ0n) is 12.5. The molecule has 0 aliphatic heterocycles. The number of hydrogen-bond donors (Lipinski definition) is 1. The molecule has 0 saturated heterocycles. The molecule has 1 aromatic carbocycles. The highest BCUT2D eigenvalue weighted by atomic mass is 14.9. The lowest BCUT2D eigenvalue weighted by Crippen LogP contribution is -2.23. The second-order valence-electron chi connectivity index (χ2n) is 5.17. The summed E-state index contributed by atoms with van der Waals surface area (Å²) in [6.45, 7) is 5.42. The van der Waals surface area contributed by atoms with E-state index in [1.54, 1.807) is 0 Å². The second kappa shape index (κ2) is 7.81. The third-order valence-electron chi connectivity index (χ3n) is 3.47. The van der Waals surface area contributed by atoms with Gasteiger partial charge < -0.3 is 5.32 Å². The molecule has 0 bridgehead atoms. The summed E-state index contributed by atoms with van der Waals surface area (Å²) in [6.07, 6.45) is 7.25. The predicted octanol–water partition coefficient (Wildman–Crippen LogP) is 4.12. The number of nitrogens with one attached hydrogen (secondary N) is 1. The number of nitrogens with zero attached hydrogens (tertiary/aromatic N) is 1. The first kappa shape index (κ1) is 14.7. The summed E-state index contributed by atoms with van der Waals surface area (Å²) in [5, 5.41) is 3.61. The van der Waals surface area contributed by atoms with Gasteiger partial charge in [0.1, 0.15) is 0 Å². The molecule has 0 amide bonds. The zero-order chi connectivity index (χ0) is 14.2. The maximum atomic E-state index is 4.25. The predicted molar refractivity (Wildman–Crippen MR) is 84.8 cm³/mol. The van der Waals surface area contributed by atoms with Crippen LogP contribution in [0, 0.1) is 0 Å². The fourth-order valence-corrected chi connectivity index (χ4v) is 2.43. The topological polar surface area (TPSA) is 24.9 Å². The van der Waals surface area contributed by atoms with Crippen molar-refractivity contribution < 1.29 is 0 Å². The molecule has 2 nitrogen and oxygen atoms in total. The summed E-state index contributed by atoms with van der Waals surface area (Å²) in [4.78, 5) is 4.25.